The van der Waals surface area contributed by atoms with E-state index >= 15 is 0 Å². The summed E-state index contributed by atoms with van der Waals surface area (Å²) in [5.74, 6) is 0.625. The van der Waals surface area contributed by atoms with Crippen molar-refractivity contribution in [2.24, 2.45) is 0 Å². The fraction of sp³-hybridized carbons (Fsp3) is 0.385. The van der Waals surface area contributed by atoms with E-state index in [1.54, 1.807) is 31.4 Å². The van der Waals surface area contributed by atoms with E-state index < -0.39 is 6.04 Å². The lowest BCUT2D eigenvalue weighted by Gasteiger charge is -2.12. The Morgan fingerprint density at radius 3 is 2.59 bits per heavy atom. The minimum absolute atomic E-state index is 0.102. The second-order valence-corrected chi connectivity index (χ2v) is 3.65. The first-order valence-electron chi connectivity index (χ1n) is 5.54. The van der Waals surface area contributed by atoms with Crippen molar-refractivity contribution in [1.29, 1.82) is 5.26 Å². The monoisotopic (exact) mass is 232 g/mol. The van der Waals surface area contributed by atoms with Gasteiger partial charge < -0.3 is 10.1 Å². The topological polar surface area (TPSA) is 62.1 Å². The Bertz CT molecular complexity index is 406. The van der Waals surface area contributed by atoms with E-state index in [0.29, 0.717) is 6.42 Å². The fourth-order valence-electron chi connectivity index (χ4n) is 1.45. The smallest absolute Gasteiger partial charge is 0.221 e. The number of hydrogen-bond donors (Lipinski definition) is 1. The standard InChI is InChI=1S/C13H16N2O2/c1-3-4-13(16)15-12(9-14)10-5-7-11(17-2)8-6-10/h5-8,12H,3-4H2,1-2H3,(H,15,16). The van der Waals surface area contributed by atoms with E-state index in [1.165, 1.54) is 0 Å². The van der Waals surface area contributed by atoms with Crippen LogP contribution in [0.3, 0.4) is 0 Å². The zero-order chi connectivity index (χ0) is 12.7. The lowest BCUT2D eigenvalue weighted by Crippen LogP contribution is -2.27. The molecule has 0 spiro atoms. The number of amides is 1. The van der Waals surface area contributed by atoms with Gasteiger partial charge in [0.2, 0.25) is 5.91 Å². The van der Waals surface area contributed by atoms with Crippen LogP contribution in [0, 0.1) is 11.3 Å². The van der Waals surface area contributed by atoms with Gasteiger partial charge in [0.1, 0.15) is 11.8 Å². The molecule has 0 radical (unpaired) electrons. The van der Waals surface area contributed by atoms with Crippen molar-refractivity contribution in [3.05, 3.63) is 29.8 Å². The molecule has 0 saturated heterocycles. The van der Waals surface area contributed by atoms with Gasteiger partial charge in [-0.1, -0.05) is 19.1 Å². The van der Waals surface area contributed by atoms with Crippen molar-refractivity contribution in [1.82, 2.24) is 5.32 Å². The van der Waals surface area contributed by atoms with E-state index in [1.807, 2.05) is 6.92 Å². The molecule has 0 saturated carbocycles. The Kier molecular flexibility index (Phi) is 5.02. The van der Waals surface area contributed by atoms with E-state index in [-0.39, 0.29) is 5.91 Å². The van der Waals surface area contributed by atoms with Crippen LogP contribution < -0.4 is 10.1 Å². The number of rotatable bonds is 5. The first-order valence-corrected chi connectivity index (χ1v) is 5.54. The summed E-state index contributed by atoms with van der Waals surface area (Å²) in [4.78, 5) is 11.4. The number of nitrogens with zero attached hydrogens (tertiary/aromatic N) is 1. The second-order valence-electron chi connectivity index (χ2n) is 3.65. The minimum Gasteiger partial charge on any atom is -0.497 e. The van der Waals surface area contributed by atoms with Gasteiger partial charge in [-0.3, -0.25) is 4.79 Å². The van der Waals surface area contributed by atoms with Gasteiger partial charge in [-0.25, -0.2) is 0 Å². The van der Waals surface area contributed by atoms with Crippen molar-refractivity contribution in [3.63, 3.8) is 0 Å². The van der Waals surface area contributed by atoms with Crippen molar-refractivity contribution < 1.29 is 9.53 Å². The summed E-state index contributed by atoms with van der Waals surface area (Å²) in [6.45, 7) is 1.92. The van der Waals surface area contributed by atoms with E-state index in [4.69, 9.17) is 10.00 Å². The SMILES string of the molecule is CCCC(=O)NC(C#N)c1ccc(OC)cc1. The molecule has 1 unspecified atom stereocenters. The van der Waals surface area contributed by atoms with Gasteiger partial charge >= 0.3 is 0 Å². The largest absolute Gasteiger partial charge is 0.497 e. The summed E-state index contributed by atoms with van der Waals surface area (Å²) in [5.41, 5.74) is 0.762. The summed E-state index contributed by atoms with van der Waals surface area (Å²) in [6, 6.07) is 8.57. The minimum atomic E-state index is -0.597. The summed E-state index contributed by atoms with van der Waals surface area (Å²) in [7, 11) is 1.58. The molecular weight excluding hydrogens is 216 g/mol. The van der Waals surface area contributed by atoms with Gasteiger partial charge in [-0.2, -0.15) is 5.26 Å². The Hall–Kier alpha value is -2.02. The number of benzene rings is 1. The van der Waals surface area contributed by atoms with Crippen LogP contribution in [0.1, 0.15) is 31.4 Å². The highest BCUT2D eigenvalue weighted by Crippen LogP contribution is 2.17. The number of methoxy groups -OCH3 is 1. The summed E-state index contributed by atoms with van der Waals surface area (Å²) >= 11 is 0. The normalized spacial score (nSPS) is 11.4. The third-order valence-corrected chi connectivity index (χ3v) is 2.36. The summed E-state index contributed by atoms with van der Waals surface area (Å²) in [5, 5.41) is 11.7. The summed E-state index contributed by atoms with van der Waals surface area (Å²) < 4.78 is 5.03. The van der Waals surface area contributed by atoms with Gasteiger partial charge in [0.25, 0.3) is 0 Å². The highest BCUT2D eigenvalue weighted by atomic mass is 16.5. The highest BCUT2D eigenvalue weighted by molar-refractivity contribution is 5.76. The number of ether oxygens (including phenoxy) is 1. The zero-order valence-corrected chi connectivity index (χ0v) is 10.1. The van der Waals surface area contributed by atoms with Crippen LogP contribution >= 0.6 is 0 Å². The lowest BCUT2D eigenvalue weighted by atomic mass is 10.1. The third-order valence-electron chi connectivity index (χ3n) is 2.36. The molecule has 1 aromatic carbocycles. The van der Waals surface area contributed by atoms with Gasteiger partial charge in [0.15, 0.2) is 0 Å². The fourth-order valence-corrected chi connectivity index (χ4v) is 1.45. The molecule has 4 nitrogen and oxygen atoms in total. The number of hydrogen-bond acceptors (Lipinski definition) is 3. The molecule has 0 heterocycles. The maximum Gasteiger partial charge on any atom is 0.221 e. The molecule has 4 heteroatoms. The molecule has 0 aromatic heterocycles. The van der Waals surface area contributed by atoms with Crippen molar-refractivity contribution >= 4 is 5.91 Å². The Labute approximate surface area is 101 Å². The average Bonchev–Trinajstić information content (AvgIpc) is 2.36. The average molecular weight is 232 g/mol. The Morgan fingerprint density at radius 1 is 1.47 bits per heavy atom. The number of carbonyl (C=O) groups excluding carboxylic acids is 1. The van der Waals surface area contributed by atoms with Gasteiger partial charge in [-0.05, 0) is 24.1 Å². The van der Waals surface area contributed by atoms with E-state index in [0.717, 1.165) is 17.7 Å². The summed E-state index contributed by atoms with van der Waals surface area (Å²) in [6.07, 6.45) is 1.21. The third kappa shape index (κ3) is 3.80. The Balaban J connectivity index is 2.73. The van der Waals surface area contributed by atoms with E-state index in [2.05, 4.69) is 11.4 Å². The van der Waals surface area contributed by atoms with E-state index in [9.17, 15) is 4.79 Å². The van der Waals surface area contributed by atoms with Crippen LogP contribution in [0.25, 0.3) is 0 Å². The molecule has 0 aliphatic heterocycles. The van der Waals surface area contributed by atoms with Crippen LogP contribution in [0.15, 0.2) is 24.3 Å². The molecule has 1 rings (SSSR count). The van der Waals surface area contributed by atoms with Crippen LogP contribution in [0.5, 0.6) is 5.75 Å². The van der Waals surface area contributed by atoms with Crippen LogP contribution in [-0.4, -0.2) is 13.0 Å². The first kappa shape index (κ1) is 13.0. The molecule has 17 heavy (non-hydrogen) atoms. The molecule has 0 bridgehead atoms. The maximum absolute atomic E-state index is 11.4. The molecule has 1 aromatic rings. The van der Waals surface area contributed by atoms with Crippen molar-refractivity contribution in [3.8, 4) is 11.8 Å². The molecule has 0 aliphatic carbocycles. The van der Waals surface area contributed by atoms with Crippen molar-refractivity contribution in [2.45, 2.75) is 25.8 Å². The van der Waals surface area contributed by atoms with Gasteiger partial charge in [-0.15, -0.1) is 0 Å². The van der Waals surface area contributed by atoms with Crippen LogP contribution in [0.2, 0.25) is 0 Å². The molecule has 1 N–H and O–H groups in total. The zero-order valence-electron chi connectivity index (χ0n) is 10.1. The number of nitrogens with one attached hydrogen (secondary N) is 1. The first-order chi connectivity index (χ1) is 8.21. The van der Waals surface area contributed by atoms with Crippen molar-refractivity contribution in [2.75, 3.05) is 7.11 Å². The maximum atomic E-state index is 11.4. The van der Waals surface area contributed by atoms with Gasteiger partial charge in [0.05, 0.1) is 13.2 Å². The number of nitriles is 1. The molecular formula is C13H16N2O2. The van der Waals surface area contributed by atoms with Crippen LogP contribution in [0.4, 0.5) is 0 Å². The highest BCUT2D eigenvalue weighted by Gasteiger charge is 2.12. The molecule has 0 aliphatic rings. The second kappa shape index (κ2) is 6.54. The van der Waals surface area contributed by atoms with Crippen LogP contribution in [-0.2, 0) is 4.79 Å². The Morgan fingerprint density at radius 2 is 2.12 bits per heavy atom. The molecule has 90 valence electrons. The lowest BCUT2D eigenvalue weighted by molar-refractivity contribution is -0.121. The predicted molar refractivity (Wildman–Crippen MR) is 64.4 cm³/mol. The molecule has 1 amide bonds. The van der Waals surface area contributed by atoms with Gasteiger partial charge in [0, 0.05) is 6.42 Å². The quantitative estimate of drug-likeness (QED) is 0.846. The number of carbonyl (C=O) groups is 1. The molecule has 1 atom stereocenters. The molecule has 0 fully saturated rings. The predicted octanol–water partition coefficient (Wildman–Crippen LogP) is 2.18.